The summed E-state index contributed by atoms with van der Waals surface area (Å²) in [5.74, 6) is 2.76. The summed E-state index contributed by atoms with van der Waals surface area (Å²) in [6, 6.07) is 8.13. The van der Waals surface area contributed by atoms with Gasteiger partial charge in [0.25, 0.3) is 0 Å². The molecule has 0 saturated heterocycles. The number of rotatable bonds is 4. The highest BCUT2D eigenvalue weighted by atomic mass is 16.3. The Labute approximate surface area is 127 Å². The maximum atomic E-state index is 10.9. The first kappa shape index (κ1) is 13.6. The largest absolute Gasteiger partial charge is 0.399 e. The van der Waals surface area contributed by atoms with Gasteiger partial charge in [-0.2, -0.15) is 0 Å². The fraction of sp³-hybridized carbons (Fsp3) is 0.684. The SMILES string of the molecule is Nc1ccc(CCC(O)C23CC4CC(CC(C4)C2)C3)cc1. The number of benzene rings is 1. The van der Waals surface area contributed by atoms with E-state index in [9.17, 15) is 5.11 Å². The van der Waals surface area contributed by atoms with Crippen LogP contribution in [0, 0.1) is 23.2 Å². The molecule has 4 aliphatic carbocycles. The predicted octanol–water partition coefficient (Wildman–Crippen LogP) is 3.78. The minimum atomic E-state index is -0.108. The summed E-state index contributed by atoms with van der Waals surface area (Å²) in [5.41, 5.74) is 8.12. The van der Waals surface area contributed by atoms with Crippen molar-refractivity contribution in [2.75, 3.05) is 5.73 Å². The summed E-state index contributed by atoms with van der Waals surface area (Å²) in [7, 11) is 0. The maximum Gasteiger partial charge on any atom is 0.0599 e. The minimum Gasteiger partial charge on any atom is -0.399 e. The molecule has 0 aliphatic heterocycles. The quantitative estimate of drug-likeness (QED) is 0.827. The van der Waals surface area contributed by atoms with Crippen molar-refractivity contribution in [2.24, 2.45) is 23.2 Å². The van der Waals surface area contributed by atoms with E-state index in [-0.39, 0.29) is 11.5 Å². The Morgan fingerprint density at radius 2 is 1.52 bits per heavy atom. The van der Waals surface area contributed by atoms with Gasteiger partial charge < -0.3 is 10.8 Å². The van der Waals surface area contributed by atoms with E-state index in [1.807, 2.05) is 12.1 Å². The fourth-order valence-electron chi connectivity index (χ4n) is 5.88. The van der Waals surface area contributed by atoms with Crippen molar-refractivity contribution in [3.63, 3.8) is 0 Å². The van der Waals surface area contributed by atoms with Crippen LogP contribution in [0.5, 0.6) is 0 Å². The summed E-state index contributed by atoms with van der Waals surface area (Å²) < 4.78 is 0. The molecule has 4 saturated carbocycles. The van der Waals surface area contributed by atoms with Gasteiger partial charge in [0.05, 0.1) is 6.10 Å². The number of aryl methyl sites for hydroxylation is 1. The smallest absolute Gasteiger partial charge is 0.0599 e. The predicted molar refractivity (Wildman–Crippen MR) is 85.8 cm³/mol. The van der Waals surface area contributed by atoms with Gasteiger partial charge >= 0.3 is 0 Å². The van der Waals surface area contributed by atoms with Crippen LogP contribution in [-0.2, 0) is 6.42 Å². The Balaban J connectivity index is 1.42. The van der Waals surface area contributed by atoms with Crippen molar-refractivity contribution in [3.8, 4) is 0 Å². The van der Waals surface area contributed by atoms with Gasteiger partial charge in [-0.05, 0) is 92.2 Å². The van der Waals surface area contributed by atoms with E-state index < -0.39 is 0 Å². The van der Waals surface area contributed by atoms with Crippen LogP contribution < -0.4 is 5.73 Å². The summed E-state index contributed by atoms with van der Waals surface area (Å²) >= 11 is 0. The Bertz CT molecular complexity index is 472. The lowest BCUT2D eigenvalue weighted by molar-refractivity contribution is -0.121. The van der Waals surface area contributed by atoms with Gasteiger partial charge in [0.1, 0.15) is 0 Å². The third-order valence-electron chi connectivity index (χ3n) is 6.48. The topological polar surface area (TPSA) is 46.2 Å². The number of hydrogen-bond donors (Lipinski definition) is 2. The van der Waals surface area contributed by atoms with Gasteiger partial charge in [-0.3, -0.25) is 0 Å². The zero-order chi connectivity index (χ0) is 14.4. The molecule has 1 unspecified atom stereocenters. The molecule has 0 heterocycles. The molecule has 5 rings (SSSR count). The Kier molecular flexibility index (Phi) is 3.25. The van der Waals surface area contributed by atoms with Crippen LogP contribution in [0.1, 0.15) is 50.5 Å². The number of aliphatic hydroxyl groups excluding tert-OH is 1. The second-order valence-corrected chi connectivity index (χ2v) is 8.08. The molecule has 4 fully saturated rings. The molecular weight excluding hydrogens is 258 g/mol. The molecule has 0 amide bonds. The van der Waals surface area contributed by atoms with Crippen LogP contribution in [0.4, 0.5) is 5.69 Å². The third-order valence-corrected chi connectivity index (χ3v) is 6.48. The third kappa shape index (κ3) is 2.48. The van der Waals surface area contributed by atoms with Crippen molar-refractivity contribution in [3.05, 3.63) is 29.8 Å². The van der Waals surface area contributed by atoms with Crippen LogP contribution in [0.3, 0.4) is 0 Å². The number of anilines is 1. The van der Waals surface area contributed by atoms with E-state index in [4.69, 9.17) is 5.73 Å². The molecule has 2 nitrogen and oxygen atoms in total. The number of hydrogen-bond acceptors (Lipinski definition) is 2. The maximum absolute atomic E-state index is 10.9. The number of nitrogen functional groups attached to an aromatic ring is 1. The highest BCUT2D eigenvalue weighted by molar-refractivity contribution is 5.39. The molecule has 2 heteroatoms. The molecule has 0 aromatic heterocycles. The molecule has 4 aliphatic rings. The van der Waals surface area contributed by atoms with Crippen molar-refractivity contribution < 1.29 is 5.11 Å². The van der Waals surface area contributed by atoms with Gasteiger partial charge in [-0.25, -0.2) is 0 Å². The molecule has 1 aromatic carbocycles. The average Bonchev–Trinajstić information content (AvgIpc) is 2.45. The zero-order valence-electron chi connectivity index (χ0n) is 12.8. The second-order valence-electron chi connectivity index (χ2n) is 8.08. The molecule has 1 atom stereocenters. The second kappa shape index (κ2) is 5.01. The normalized spacial score (nSPS) is 38.6. The highest BCUT2D eigenvalue weighted by Gasteiger charge is 2.53. The molecule has 114 valence electrons. The van der Waals surface area contributed by atoms with E-state index >= 15 is 0 Å². The van der Waals surface area contributed by atoms with Crippen LogP contribution in [0.15, 0.2) is 24.3 Å². The highest BCUT2D eigenvalue weighted by Crippen LogP contribution is 2.61. The molecule has 0 spiro atoms. The summed E-state index contributed by atoms with van der Waals surface area (Å²) in [6.45, 7) is 0. The van der Waals surface area contributed by atoms with Crippen LogP contribution in [0.2, 0.25) is 0 Å². The summed E-state index contributed by atoms with van der Waals surface area (Å²) in [5, 5.41) is 10.9. The minimum absolute atomic E-state index is 0.108. The van der Waals surface area contributed by atoms with E-state index in [0.29, 0.717) is 0 Å². The van der Waals surface area contributed by atoms with Crippen molar-refractivity contribution in [1.29, 1.82) is 0 Å². The van der Waals surface area contributed by atoms with Gasteiger partial charge in [0, 0.05) is 5.69 Å². The Morgan fingerprint density at radius 1 is 1.00 bits per heavy atom. The molecule has 21 heavy (non-hydrogen) atoms. The van der Waals surface area contributed by atoms with E-state index in [1.54, 1.807) is 0 Å². The fourth-order valence-corrected chi connectivity index (χ4v) is 5.88. The Hall–Kier alpha value is -1.02. The van der Waals surface area contributed by atoms with Gasteiger partial charge in [-0.1, -0.05) is 12.1 Å². The lowest BCUT2D eigenvalue weighted by Gasteiger charge is -2.58. The van der Waals surface area contributed by atoms with Crippen LogP contribution >= 0.6 is 0 Å². The van der Waals surface area contributed by atoms with E-state index in [0.717, 1.165) is 36.3 Å². The van der Waals surface area contributed by atoms with Crippen LogP contribution in [-0.4, -0.2) is 11.2 Å². The van der Waals surface area contributed by atoms with Crippen molar-refractivity contribution in [1.82, 2.24) is 0 Å². The Morgan fingerprint density at radius 3 is 2.05 bits per heavy atom. The first-order valence-corrected chi connectivity index (χ1v) is 8.65. The lowest BCUT2D eigenvalue weighted by Crippen LogP contribution is -2.51. The summed E-state index contributed by atoms with van der Waals surface area (Å²) in [6.07, 6.45) is 10.0. The van der Waals surface area contributed by atoms with Gasteiger partial charge in [-0.15, -0.1) is 0 Å². The number of nitrogens with two attached hydrogens (primary N) is 1. The van der Waals surface area contributed by atoms with Crippen LogP contribution in [0.25, 0.3) is 0 Å². The monoisotopic (exact) mass is 285 g/mol. The molecule has 1 aromatic rings. The van der Waals surface area contributed by atoms with Crippen molar-refractivity contribution in [2.45, 2.75) is 57.5 Å². The first-order valence-electron chi connectivity index (χ1n) is 8.65. The standard InChI is InChI=1S/C19H27NO/c20-17-4-1-13(2-5-17)3-6-18(21)19-10-14-7-15(11-19)9-16(8-14)12-19/h1-2,4-5,14-16,18,21H,3,6-12,20H2. The summed E-state index contributed by atoms with van der Waals surface area (Å²) in [4.78, 5) is 0. The number of aliphatic hydroxyl groups is 1. The molecule has 0 radical (unpaired) electrons. The molecule has 4 bridgehead atoms. The van der Waals surface area contributed by atoms with Gasteiger partial charge in [0.2, 0.25) is 0 Å². The first-order chi connectivity index (χ1) is 10.1. The molecule has 3 N–H and O–H groups in total. The molecular formula is C19H27NO. The lowest BCUT2D eigenvalue weighted by atomic mass is 9.48. The zero-order valence-corrected chi connectivity index (χ0v) is 12.8. The van der Waals surface area contributed by atoms with Crippen molar-refractivity contribution >= 4 is 5.69 Å². The average molecular weight is 285 g/mol. The van der Waals surface area contributed by atoms with E-state index in [1.165, 1.54) is 44.1 Å². The van der Waals surface area contributed by atoms with Gasteiger partial charge in [0.15, 0.2) is 0 Å². The van der Waals surface area contributed by atoms with E-state index in [2.05, 4.69) is 12.1 Å².